The second kappa shape index (κ2) is 16.0. The fourth-order valence-corrected chi connectivity index (χ4v) is 11.4. The summed E-state index contributed by atoms with van der Waals surface area (Å²) in [5.41, 5.74) is -7.53. The molecule has 0 aliphatic carbocycles. The molecule has 1 aliphatic rings. The molecule has 2 aromatic carbocycles. The van der Waals surface area contributed by atoms with E-state index in [1.54, 1.807) is 41.5 Å². The zero-order chi connectivity index (χ0) is 38.7. The summed E-state index contributed by atoms with van der Waals surface area (Å²) >= 11 is 2.47. The number of alkyl halides is 3. The van der Waals surface area contributed by atoms with Gasteiger partial charge in [-0.1, -0.05) is 0 Å². The summed E-state index contributed by atoms with van der Waals surface area (Å²) in [6, 6.07) is 9.37. The average molecular weight is 878 g/mol. The van der Waals surface area contributed by atoms with E-state index < -0.39 is 65.8 Å². The van der Waals surface area contributed by atoms with Crippen LogP contribution in [0.3, 0.4) is 0 Å². The number of hydrogen-bond donors (Lipinski definition) is 0. The summed E-state index contributed by atoms with van der Waals surface area (Å²) < 4.78 is 86.6. The molecular weight excluding hydrogens is 838 g/mol. The second-order valence-electron chi connectivity index (χ2n) is 13.1. The van der Waals surface area contributed by atoms with Crippen LogP contribution in [0.4, 0.5) is 27.6 Å². The molecule has 2 aromatic rings. The summed E-state index contributed by atoms with van der Waals surface area (Å²) in [7, 11) is -1.71. The van der Waals surface area contributed by atoms with Crippen molar-refractivity contribution in [2.45, 2.75) is 64.8 Å². The van der Waals surface area contributed by atoms with E-state index in [0.29, 0.717) is 5.75 Å². The fraction of sp³-hybridized carbons (Fsp3) is 0.484. The molecule has 284 valence electrons. The van der Waals surface area contributed by atoms with Gasteiger partial charge in [0, 0.05) is 0 Å². The molecule has 14 nitrogen and oxygen atoms in total. The maximum absolute atomic E-state index is 13.9. The van der Waals surface area contributed by atoms with Crippen molar-refractivity contribution >= 4 is 66.1 Å². The van der Waals surface area contributed by atoms with Crippen molar-refractivity contribution in [3.8, 4) is 5.75 Å². The number of benzene rings is 2. The minimum absolute atomic E-state index is 0.0471. The van der Waals surface area contributed by atoms with Crippen LogP contribution < -0.4 is 4.74 Å². The molecule has 0 bridgehead atoms. The monoisotopic (exact) mass is 877 g/mol. The quantitative estimate of drug-likeness (QED) is 0.124. The SMILES string of the molecule is COc1ccc(I(OS(=O)(=O)C(F)(F)F)c2cc(CN(C(=O)OC(C)(C)C)/C(=N/C(=O)OC(C)(C)C)N3CN(C)C(=O)N(C)C3)ccc2Cl)cc1. The molecule has 1 saturated heterocycles. The Balaban J connectivity index is 2.23. The van der Waals surface area contributed by atoms with Crippen molar-refractivity contribution in [3.63, 3.8) is 0 Å². The van der Waals surface area contributed by atoms with Crippen molar-refractivity contribution in [1.29, 1.82) is 0 Å². The molecule has 20 heteroatoms. The van der Waals surface area contributed by atoms with Crippen molar-refractivity contribution in [1.82, 2.24) is 19.6 Å². The summed E-state index contributed by atoms with van der Waals surface area (Å²) in [4.78, 5) is 48.8. The summed E-state index contributed by atoms with van der Waals surface area (Å²) in [6.45, 7) is 9.03. The van der Waals surface area contributed by atoms with E-state index >= 15 is 0 Å². The van der Waals surface area contributed by atoms with E-state index in [1.807, 2.05) is 0 Å². The normalized spacial score (nSPS) is 15.1. The van der Waals surface area contributed by atoms with Gasteiger partial charge in [-0.2, -0.15) is 0 Å². The van der Waals surface area contributed by atoms with Gasteiger partial charge in [-0.25, -0.2) is 0 Å². The van der Waals surface area contributed by atoms with E-state index in [0.717, 1.165) is 4.90 Å². The number of aliphatic imine (C=N–C) groups is 1. The average Bonchev–Trinajstić information content (AvgIpc) is 2.98. The maximum atomic E-state index is 13.9. The number of urea groups is 1. The van der Waals surface area contributed by atoms with Gasteiger partial charge < -0.3 is 0 Å². The molecule has 3 rings (SSSR count). The van der Waals surface area contributed by atoms with E-state index in [9.17, 15) is 36.0 Å². The number of ether oxygens (including phenoxy) is 3. The molecule has 4 amide bonds. The Kier molecular flexibility index (Phi) is 13.1. The molecule has 51 heavy (non-hydrogen) atoms. The summed E-state index contributed by atoms with van der Waals surface area (Å²) in [5.74, 6) is 0.0798. The number of methoxy groups -OCH3 is 1. The molecule has 0 atom stereocenters. The van der Waals surface area contributed by atoms with Crippen LogP contribution in [-0.4, -0.2) is 103 Å². The Morgan fingerprint density at radius 1 is 0.941 bits per heavy atom. The van der Waals surface area contributed by atoms with Crippen LogP contribution in [0.5, 0.6) is 5.75 Å². The molecule has 0 radical (unpaired) electrons. The van der Waals surface area contributed by atoms with Gasteiger partial charge in [-0.3, -0.25) is 0 Å². The standard InChI is InChI=1S/C31H40ClF3IN5O9S/c1-29(2,3)48-26(42)37-25(40-18-38(7)27(43)39(8)19-40)41(28(44)49-30(4,5)6)17-20-10-15-23(32)24(16-20)36(50-51(45,46)31(33,34)35)21-11-13-22(47-9)14-12-21/h10-16H,17-19H2,1-9H3/b37-25+. The Morgan fingerprint density at radius 2 is 1.49 bits per heavy atom. The van der Waals surface area contributed by atoms with E-state index in [-0.39, 0.29) is 43.1 Å². The molecule has 1 aliphatic heterocycles. The van der Waals surface area contributed by atoms with Gasteiger partial charge in [0.15, 0.2) is 0 Å². The Labute approximate surface area is 307 Å². The first-order valence-corrected chi connectivity index (χ1v) is 19.8. The Bertz CT molecular complexity index is 1740. The molecule has 1 fully saturated rings. The predicted molar refractivity (Wildman–Crippen MR) is 190 cm³/mol. The molecule has 1 heterocycles. The predicted octanol–water partition coefficient (Wildman–Crippen LogP) is 6.92. The van der Waals surface area contributed by atoms with Crippen molar-refractivity contribution in [3.05, 3.63) is 60.2 Å². The molecule has 0 unspecified atom stereocenters. The van der Waals surface area contributed by atoms with Gasteiger partial charge in [-0.05, 0) is 0 Å². The van der Waals surface area contributed by atoms with Crippen LogP contribution >= 0.6 is 31.8 Å². The third kappa shape index (κ3) is 11.5. The first-order chi connectivity index (χ1) is 23.3. The summed E-state index contributed by atoms with van der Waals surface area (Å²) in [5, 5.41) is -0.0959. The number of nitrogens with zero attached hydrogens (tertiary/aromatic N) is 5. The van der Waals surface area contributed by atoms with Gasteiger partial charge in [0.1, 0.15) is 0 Å². The third-order valence-electron chi connectivity index (χ3n) is 6.33. The zero-order valence-corrected chi connectivity index (χ0v) is 33.1. The number of guanidine groups is 1. The van der Waals surface area contributed by atoms with Crippen LogP contribution in [0, 0.1) is 7.14 Å². The van der Waals surface area contributed by atoms with E-state index in [2.05, 4.69) is 4.99 Å². The van der Waals surface area contributed by atoms with Crippen LogP contribution in [0.1, 0.15) is 47.1 Å². The molecule has 0 saturated carbocycles. The van der Waals surface area contributed by atoms with Gasteiger partial charge in [0.05, 0.1) is 0 Å². The Hall–Kier alpha value is -3.56. The first-order valence-electron chi connectivity index (χ1n) is 15.0. The van der Waals surface area contributed by atoms with Gasteiger partial charge in [-0.15, -0.1) is 0 Å². The van der Waals surface area contributed by atoms with Crippen LogP contribution in [-0.2, 0) is 28.6 Å². The topological polar surface area (TPSA) is 148 Å². The molecule has 0 N–H and O–H groups in total. The van der Waals surface area contributed by atoms with Gasteiger partial charge in [0.2, 0.25) is 0 Å². The van der Waals surface area contributed by atoms with Crippen LogP contribution in [0.15, 0.2) is 47.5 Å². The first kappa shape index (κ1) is 41.9. The summed E-state index contributed by atoms with van der Waals surface area (Å²) in [6.07, 6.45) is -2.05. The Morgan fingerprint density at radius 3 is 1.98 bits per heavy atom. The van der Waals surface area contributed by atoms with Crippen molar-refractivity contribution in [2.24, 2.45) is 4.99 Å². The zero-order valence-electron chi connectivity index (χ0n) is 29.4. The number of carbonyl (C=O) groups is 3. The number of amides is 4. The number of carbonyl (C=O) groups excluding carboxylic acids is 3. The minimum atomic E-state index is -6.09. The van der Waals surface area contributed by atoms with Gasteiger partial charge in [0.25, 0.3) is 0 Å². The number of rotatable bonds is 7. The van der Waals surface area contributed by atoms with Crippen LogP contribution in [0.2, 0.25) is 5.02 Å². The van der Waals surface area contributed by atoms with Gasteiger partial charge >= 0.3 is 309 Å². The molecular formula is C31H40ClF3IN5O9S. The van der Waals surface area contributed by atoms with Crippen molar-refractivity contribution < 1.29 is 52.7 Å². The third-order valence-corrected chi connectivity index (χ3v) is 14.1. The second-order valence-corrected chi connectivity index (χ2v) is 19.9. The number of halogens is 5. The fourth-order valence-electron chi connectivity index (χ4n) is 4.24. The van der Waals surface area contributed by atoms with Crippen LogP contribution in [0.25, 0.3) is 0 Å². The molecule has 0 spiro atoms. The van der Waals surface area contributed by atoms with E-state index in [1.165, 1.54) is 78.4 Å². The molecule has 0 aromatic heterocycles. The van der Waals surface area contributed by atoms with E-state index in [4.69, 9.17) is 28.3 Å². The number of hydrogen-bond acceptors (Lipinski definition) is 9. The van der Waals surface area contributed by atoms with Crippen molar-refractivity contribution in [2.75, 3.05) is 34.5 Å².